The zero-order chi connectivity index (χ0) is 16.8. The molecule has 1 aromatic heterocycles. The van der Waals surface area contributed by atoms with Crippen LogP contribution in [0.25, 0.3) is 0 Å². The third kappa shape index (κ3) is 5.02. The number of ether oxygens (including phenoxy) is 2. The summed E-state index contributed by atoms with van der Waals surface area (Å²) in [4.78, 5) is 27.4. The predicted molar refractivity (Wildman–Crippen MR) is 90.3 cm³/mol. The SMILES string of the molecule is CCOC(=O)c1cc(C(C)C)sc1NC(=O)CN1CCOCC1. The summed E-state index contributed by atoms with van der Waals surface area (Å²) in [7, 11) is 0. The van der Waals surface area contributed by atoms with E-state index >= 15 is 0 Å². The number of morpholine rings is 1. The van der Waals surface area contributed by atoms with E-state index in [2.05, 4.69) is 19.2 Å². The molecule has 0 saturated carbocycles. The van der Waals surface area contributed by atoms with Crippen LogP contribution in [0.2, 0.25) is 0 Å². The maximum atomic E-state index is 12.3. The van der Waals surface area contributed by atoms with Crippen molar-refractivity contribution in [3.05, 3.63) is 16.5 Å². The summed E-state index contributed by atoms with van der Waals surface area (Å²) in [6.45, 7) is 9.30. The fourth-order valence-electron chi connectivity index (χ4n) is 2.28. The van der Waals surface area contributed by atoms with E-state index in [0.717, 1.165) is 18.0 Å². The fourth-order valence-corrected chi connectivity index (χ4v) is 3.34. The van der Waals surface area contributed by atoms with Gasteiger partial charge in [-0.15, -0.1) is 11.3 Å². The van der Waals surface area contributed by atoms with Gasteiger partial charge in [-0.2, -0.15) is 0 Å². The van der Waals surface area contributed by atoms with Crippen LogP contribution in [0.4, 0.5) is 5.00 Å². The summed E-state index contributed by atoms with van der Waals surface area (Å²) in [5.41, 5.74) is 0.441. The van der Waals surface area contributed by atoms with Crippen molar-refractivity contribution in [2.45, 2.75) is 26.7 Å². The highest BCUT2D eigenvalue weighted by Crippen LogP contribution is 2.33. The third-order valence-corrected chi connectivity index (χ3v) is 4.89. The Balaban J connectivity index is 2.07. The Morgan fingerprint density at radius 2 is 2.09 bits per heavy atom. The smallest absolute Gasteiger partial charge is 0.341 e. The molecule has 0 radical (unpaired) electrons. The number of amides is 1. The number of hydrogen-bond donors (Lipinski definition) is 1. The highest BCUT2D eigenvalue weighted by molar-refractivity contribution is 7.16. The van der Waals surface area contributed by atoms with E-state index in [1.807, 2.05) is 11.0 Å². The van der Waals surface area contributed by atoms with Gasteiger partial charge in [0.15, 0.2) is 0 Å². The number of esters is 1. The van der Waals surface area contributed by atoms with Gasteiger partial charge in [-0.05, 0) is 18.9 Å². The van der Waals surface area contributed by atoms with Gasteiger partial charge in [0.1, 0.15) is 5.00 Å². The first-order valence-electron chi connectivity index (χ1n) is 7.92. The molecule has 2 heterocycles. The van der Waals surface area contributed by atoms with Crippen LogP contribution >= 0.6 is 11.3 Å². The van der Waals surface area contributed by atoms with Gasteiger partial charge in [0.05, 0.1) is 31.9 Å². The van der Waals surface area contributed by atoms with E-state index < -0.39 is 5.97 Å². The van der Waals surface area contributed by atoms with Crippen molar-refractivity contribution in [2.75, 3.05) is 44.8 Å². The summed E-state index contributed by atoms with van der Waals surface area (Å²) in [6, 6.07) is 1.82. The monoisotopic (exact) mass is 340 g/mol. The van der Waals surface area contributed by atoms with Crippen molar-refractivity contribution in [3.8, 4) is 0 Å². The summed E-state index contributed by atoms with van der Waals surface area (Å²) < 4.78 is 10.4. The van der Waals surface area contributed by atoms with Gasteiger partial charge >= 0.3 is 5.97 Å². The van der Waals surface area contributed by atoms with Crippen molar-refractivity contribution in [3.63, 3.8) is 0 Å². The van der Waals surface area contributed by atoms with Gasteiger partial charge in [-0.3, -0.25) is 9.69 Å². The highest BCUT2D eigenvalue weighted by Gasteiger charge is 2.21. The zero-order valence-corrected chi connectivity index (χ0v) is 14.7. The quantitative estimate of drug-likeness (QED) is 0.805. The average molecular weight is 340 g/mol. The number of nitrogens with zero attached hydrogens (tertiary/aromatic N) is 1. The Morgan fingerprint density at radius 3 is 2.70 bits per heavy atom. The van der Waals surface area contributed by atoms with Crippen LogP contribution in [0.3, 0.4) is 0 Å². The Kier molecular flexibility index (Phi) is 6.56. The number of carbonyl (C=O) groups excluding carboxylic acids is 2. The van der Waals surface area contributed by atoms with E-state index in [1.54, 1.807) is 6.92 Å². The van der Waals surface area contributed by atoms with Gasteiger partial charge in [-0.25, -0.2) is 4.79 Å². The minimum absolute atomic E-state index is 0.116. The molecule has 1 aliphatic heterocycles. The maximum Gasteiger partial charge on any atom is 0.341 e. The molecular weight excluding hydrogens is 316 g/mol. The molecule has 0 unspecified atom stereocenters. The first-order chi connectivity index (χ1) is 11.0. The fraction of sp³-hybridized carbons (Fsp3) is 0.625. The molecular formula is C16H24N2O4S. The number of hydrogen-bond acceptors (Lipinski definition) is 6. The number of carbonyl (C=O) groups is 2. The molecule has 1 aromatic rings. The van der Waals surface area contributed by atoms with Crippen LogP contribution < -0.4 is 5.32 Å². The van der Waals surface area contributed by atoms with Crippen LogP contribution in [0.5, 0.6) is 0 Å². The summed E-state index contributed by atoms with van der Waals surface area (Å²) in [5.74, 6) is -0.218. The molecule has 1 N–H and O–H groups in total. The predicted octanol–water partition coefficient (Wildman–Crippen LogP) is 2.32. The van der Waals surface area contributed by atoms with Crippen LogP contribution in [-0.2, 0) is 14.3 Å². The molecule has 1 fully saturated rings. The van der Waals surface area contributed by atoms with Crippen molar-refractivity contribution in [1.29, 1.82) is 0 Å². The van der Waals surface area contributed by atoms with E-state index in [9.17, 15) is 9.59 Å². The maximum absolute atomic E-state index is 12.3. The molecule has 1 saturated heterocycles. The molecule has 7 heteroatoms. The summed E-state index contributed by atoms with van der Waals surface area (Å²) in [6.07, 6.45) is 0. The molecule has 23 heavy (non-hydrogen) atoms. The highest BCUT2D eigenvalue weighted by atomic mass is 32.1. The third-order valence-electron chi connectivity index (χ3n) is 3.54. The van der Waals surface area contributed by atoms with Crippen LogP contribution in [0.1, 0.15) is 41.9 Å². The average Bonchev–Trinajstić information content (AvgIpc) is 2.92. The van der Waals surface area contributed by atoms with Gasteiger partial charge in [-0.1, -0.05) is 13.8 Å². The second-order valence-corrected chi connectivity index (χ2v) is 6.79. The van der Waals surface area contributed by atoms with Crippen LogP contribution in [-0.4, -0.2) is 56.2 Å². The van der Waals surface area contributed by atoms with E-state index in [1.165, 1.54) is 11.3 Å². The summed E-state index contributed by atoms with van der Waals surface area (Å²) >= 11 is 1.44. The standard InChI is InChI=1S/C16H24N2O4S/c1-4-22-16(20)12-9-13(11(2)3)23-15(12)17-14(19)10-18-5-7-21-8-6-18/h9,11H,4-8,10H2,1-3H3,(H,17,19). The van der Waals surface area contributed by atoms with E-state index in [4.69, 9.17) is 9.47 Å². The lowest BCUT2D eigenvalue weighted by Crippen LogP contribution is -2.41. The largest absolute Gasteiger partial charge is 0.462 e. The van der Waals surface area contributed by atoms with Crippen LogP contribution in [0, 0.1) is 0 Å². The normalized spacial score (nSPS) is 15.7. The second-order valence-electron chi connectivity index (χ2n) is 5.70. The lowest BCUT2D eigenvalue weighted by Gasteiger charge is -2.25. The van der Waals surface area contributed by atoms with Gasteiger partial charge in [0.2, 0.25) is 5.91 Å². The van der Waals surface area contributed by atoms with Crippen LogP contribution in [0.15, 0.2) is 6.07 Å². The minimum atomic E-state index is -0.391. The molecule has 0 aromatic carbocycles. The number of rotatable bonds is 6. The van der Waals surface area contributed by atoms with Gasteiger partial charge in [0, 0.05) is 18.0 Å². The summed E-state index contributed by atoms with van der Waals surface area (Å²) in [5, 5.41) is 3.44. The van der Waals surface area contributed by atoms with Crippen molar-refractivity contribution in [1.82, 2.24) is 4.90 Å². The van der Waals surface area contributed by atoms with E-state index in [-0.39, 0.29) is 11.8 Å². The first-order valence-corrected chi connectivity index (χ1v) is 8.73. The van der Waals surface area contributed by atoms with Crippen molar-refractivity contribution >= 4 is 28.2 Å². The topological polar surface area (TPSA) is 67.9 Å². The van der Waals surface area contributed by atoms with E-state index in [0.29, 0.717) is 36.9 Å². The first kappa shape index (κ1) is 17.9. The Bertz CT molecular complexity index is 550. The lowest BCUT2D eigenvalue weighted by atomic mass is 10.1. The molecule has 0 spiro atoms. The number of nitrogens with one attached hydrogen (secondary N) is 1. The van der Waals surface area contributed by atoms with Gasteiger partial charge < -0.3 is 14.8 Å². The number of anilines is 1. The Hall–Kier alpha value is -1.44. The molecule has 128 valence electrons. The molecule has 1 aliphatic rings. The lowest BCUT2D eigenvalue weighted by molar-refractivity contribution is -0.118. The molecule has 0 atom stereocenters. The molecule has 6 nitrogen and oxygen atoms in total. The van der Waals surface area contributed by atoms with Crippen molar-refractivity contribution in [2.24, 2.45) is 0 Å². The zero-order valence-electron chi connectivity index (χ0n) is 13.9. The molecule has 2 rings (SSSR count). The Morgan fingerprint density at radius 1 is 1.39 bits per heavy atom. The minimum Gasteiger partial charge on any atom is -0.462 e. The number of thiophene rings is 1. The Labute approximate surface area is 140 Å². The molecule has 0 aliphatic carbocycles. The van der Waals surface area contributed by atoms with Gasteiger partial charge in [0.25, 0.3) is 0 Å². The second kappa shape index (κ2) is 8.42. The van der Waals surface area contributed by atoms with Crippen molar-refractivity contribution < 1.29 is 19.1 Å². The molecule has 0 bridgehead atoms. The molecule has 1 amide bonds.